The predicted molar refractivity (Wildman–Crippen MR) is 158 cm³/mol. The van der Waals surface area contributed by atoms with Crippen molar-refractivity contribution in [2.24, 2.45) is 0 Å². The standard InChI is InChI=1S/C33H38N2O4/c1-7-34(8-2)24-15-17-25(18-16-24)35-30(26-13-11-10-12-22(26)6)29(32(37)33(35)38)31(36)23-14-19-28(39-9-3)27(20-23)21(4)5/h10-21,30,36H,7-9H2,1-6H3/b31-29+. The largest absolute Gasteiger partial charge is 0.507 e. The van der Waals surface area contributed by atoms with E-state index in [0.29, 0.717) is 17.9 Å². The minimum atomic E-state index is -0.764. The molecule has 0 bridgehead atoms. The highest BCUT2D eigenvalue weighted by Crippen LogP contribution is 2.44. The lowest BCUT2D eigenvalue weighted by Gasteiger charge is -2.28. The first kappa shape index (κ1) is 28.0. The number of benzene rings is 3. The summed E-state index contributed by atoms with van der Waals surface area (Å²) in [4.78, 5) is 30.9. The summed E-state index contributed by atoms with van der Waals surface area (Å²) < 4.78 is 5.79. The molecule has 3 aromatic carbocycles. The summed E-state index contributed by atoms with van der Waals surface area (Å²) in [5.74, 6) is -0.663. The van der Waals surface area contributed by atoms with Gasteiger partial charge in [-0.3, -0.25) is 14.5 Å². The highest BCUT2D eigenvalue weighted by molar-refractivity contribution is 6.51. The summed E-state index contributed by atoms with van der Waals surface area (Å²) in [6.07, 6.45) is 0. The van der Waals surface area contributed by atoms with E-state index in [0.717, 1.165) is 41.2 Å². The molecule has 3 aromatic rings. The lowest BCUT2D eigenvalue weighted by Crippen LogP contribution is -2.30. The average Bonchev–Trinajstić information content (AvgIpc) is 3.19. The molecule has 4 rings (SSSR count). The number of carbonyl (C=O) groups excluding carboxylic acids is 2. The molecule has 0 spiro atoms. The molecule has 6 heteroatoms. The molecule has 1 amide bonds. The molecule has 1 heterocycles. The van der Waals surface area contributed by atoms with Crippen molar-refractivity contribution < 1.29 is 19.4 Å². The van der Waals surface area contributed by atoms with Crippen molar-refractivity contribution in [3.05, 3.63) is 94.6 Å². The fraction of sp³-hybridized carbons (Fsp3) is 0.333. The number of aryl methyl sites for hydroxylation is 1. The lowest BCUT2D eigenvalue weighted by atomic mass is 9.91. The molecule has 1 unspecified atom stereocenters. The predicted octanol–water partition coefficient (Wildman–Crippen LogP) is 6.99. The van der Waals surface area contributed by atoms with Gasteiger partial charge in [-0.2, -0.15) is 0 Å². The number of hydrogen-bond donors (Lipinski definition) is 1. The number of ketones is 1. The molecule has 1 fully saturated rings. The maximum atomic E-state index is 13.6. The number of nitrogens with zero attached hydrogens (tertiary/aromatic N) is 2. The van der Waals surface area contributed by atoms with Crippen LogP contribution >= 0.6 is 0 Å². The summed E-state index contributed by atoms with van der Waals surface area (Å²) >= 11 is 0. The van der Waals surface area contributed by atoms with E-state index in [9.17, 15) is 14.7 Å². The van der Waals surface area contributed by atoms with E-state index in [4.69, 9.17) is 4.74 Å². The van der Waals surface area contributed by atoms with Crippen LogP contribution in [0.4, 0.5) is 11.4 Å². The van der Waals surface area contributed by atoms with Crippen LogP contribution in [-0.2, 0) is 9.59 Å². The molecule has 1 N–H and O–H groups in total. The number of rotatable bonds is 9. The van der Waals surface area contributed by atoms with Crippen molar-refractivity contribution >= 4 is 28.8 Å². The number of anilines is 2. The number of hydrogen-bond acceptors (Lipinski definition) is 5. The maximum Gasteiger partial charge on any atom is 0.300 e. The molecule has 1 aliphatic heterocycles. The minimum absolute atomic E-state index is 0.0842. The number of aliphatic hydroxyl groups is 1. The minimum Gasteiger partial charge on any atom is -0.507 e. The summed E-state index contributed by atoms with van der Waals surface area (Å²) in [7, 11) is 0. The van der Waals surface area contributed by atoms with Crippen molar-refractivity contribution in [1.29, 1.82) is 0 Å². The van der Waals surface area contributed by atoms with Crippen LogP contribution < -0.4 is 14.5 Å². The Hall–Kier alpha value is -4.06. The summed E-state index contributed by atoms with van der Waals surface area (Å²) in [6.45, 7) is 14.4. The quantitative estimate of drug-likeness (QED) is 0.185. The first-order chi connectivity index (χ1) is 18.7. The molecule has 6 nitrogen and oxygen atoms in total. The van der Waals surface area contributed by atoms with Crippen LogP contribution in [0.15, 0.2) is 72.3 Å². The topological polar surface area (TPSA) is 70.1 Å². The lowest BCUT2D eigenvalue weighted by molar-refractivity contribution is -0.132. The first-order valence-corrected chi connectivity index (χ1v) is 13.7. The van der Waals surface area contributed by atoms with Crippen molar-refractivity contribution in [2.45, 2.75) is 53.5 Å². The van der Waals surface area contributed by atoms with Gasteiger partial charge in [0, 0.05) is 30.0 Å². The second-order valence-corrected chi connectivity index (χ2v) is 10.1. The van der Waals surface area contributed by atoms with Gasteiger partial charge >= 0.3 is 0 Å². The molecule has 1 saturated heterocycles. The zero-order chi connectivity index (χ0) is 28.3. The van der Waals surface area contributed by atoms with E-state index in [-0.39, 0.29) is 17.3 Å². The Morgan fingerprint density at radius 3 is 2.23 bits per heavy atom. The van der Waals surface area contributed by atoms with Crippen LogP contribution in [0.3, 0.4) is 0 Å². The summed E-state index contributed by atoms with van der Waals surface area (Å²) in [5, 5.41) is 11.6. The number of carbonyl (C=O) groups is 2. The van der Waals surface area contributed by atoms with E-state index in [1.54, 1.807) is 6.07 Å². The fourth-order valence-corrected chi connectivity index (χ4v) is 5.29. The second-order valence-electron chi connectivity index (χ2n) is 10.1. The van der Waals surface area contributed by atoms with E-state index < -0.39 is 17.7 Å². The van der Waals surface area contributed by atoms with Gasteiger partial charge in [0.25, 0.3) is 11.7 Å². The Kier molecular flexibility index (Phi) is 8.44. The second kappa shape index (κ2) is 11.8. The average molecular weight is 527 g/mol. The number of ether oxygens (including phenoxy) is 1. The molecule has 0 aromatic heterocycles. The van der Waals surface area contributed by atoms with Crippen molar-refractivity contribution in [3.8, 4) is 5.75 Å². The Bertz CT molecular complexity index is 1390. The van der Waals surface area contributed by atoms with Crippen LogP contribution in [0.2, 0.25) is 0 Å². The van der Waals surface area contributed by atoms with Crippen LogP contribution in [0.5, 0.6) is 5.75 Å². The SMILES string of the molecule is CCOc1ccc(/C(O)=C2\C(=O)C(=O)N(c3ccc(N(CC)CC)cc3)C2c2ccccc2C)cc1C(C)C. The van der Waals surface area contributed by atoms with E-state index in [1.165, 1.54) is 4.90 Å². The number of Topliss-reactive ketones (excluding diaryl/α,β-unsaturated/α-hetero) is 1. The van der Waals surface area contributed by atoms with Gasteiger partial charge < -0.3 is 14.7 Å². The van der Waals surface area contributed by atoms with Gasteiger partial charge in [0.2, 0.25) is 0 Å². The third-order valence-electron chi connectivity index (χ3n) is 7.39. The molecule has 0 saturated carbocycles. The Morgan fingerprint density at radius 1 is 0.974 bits per heavy atom. The molecule has 0 radical (unpaired) electrons. The van der Waals surface area contributed by atoms with Crippen molar-refractivity contribution in [2.75, 3.05) is 29.5 Å². The van der Waals surface area contributed by atoms with Gasteiger partial charge in [0.15, 0.2) is 0 Å². The molecule has 1 aliphatic rings. The van der Waals surface area contributed by atoms with Gasteiger partial charge in [-0.25, -0.2) is 0 Å². The van der Waals surface area contributed by atoms with Gasteiger partial charge in [0.1, 0.15) is 11.5 Å². The third-order valence-corrected chi connectivity index (χ3v) is 7.39. The van der Waals surface area contributed by atoms with Crippen molar-refractivity contribution in [1.82, 2.24) is 0 Å². The zero-order valence-electron chi connectivity index (χ0n) is 23.7. The summed E-state index contributed by atoms with van der Waals surface area (Å²) in [6, 6.07) is 20.0. The van der Waals surface area contributed by atoms with Crippen LogP contribution in [0.1, 0.15) is 68.8 Å². The van der Waals surface area contributed by atoms with Crippen molar-refractivity contribution in [3.63, 3.8) is 0 Å². The van der Waals surface area contributed by atoms with E-state index in [1.807, 2.05) is 74.5 Å². The Balaban J connectivity index is 1.90. The molecule has 204 valence electrons. The first-order valence-electron chi connectivity index (χ1n) is 13.7. The van der Waals surface area contributed by atoms with Gasteiger partial charge in [-0.15, -0.1) is 0 Å². The number of aliphatic hydroxyl groups excluding tert-OH is 1. The molecule has 39 heavy (non-hydrogen) atoms. The van der Waals surface area contributed by atoms with Gasteiger partial charge in [-0.1, -0.05) is 38.1 Å². The molecule has 1 atom stereocenters. The van der Waals surface area contributed by atoms with Gasteiger partial charge in [-0.05, 0) is 92.8 Å². The van der Waals surface area contributed by atoms with E-state index in [2.05, 4.69) is 32.6 Å². The van der Waals surface area contributed by atoms with E-state index >= 15 is 0 Å². The smallest absolute Gasteiger partial charge is 0.300 e. The van der Waals surface area contributed by atoms with Crippen LogP contribution in [0.25, 0.3) is 5.76 Å². The highest BCUT2D eigenvalue weighted by Gasteiger charge is 2.47. The molecular weight excluding hydrogens is 488 g/mol. The Labute approximate surface area is 231 Å². The third kappa shape index (κ3) is 5.29. The van der Waals surface area contributed by atoms with Crippen LogP contribution in [-0.4, -0.2) is 36.5 Å². The normalized spacial score (nSPS) is 16.7. The zero-order valence-corrected chi connectivity index (χ0v) is 23.7. The number of amides is 1. The monoisotopic (exact) mass is 526 g/mol. The molecule has 0 aliphatic carbocycles. The highest BCUT2D eigenvalue weighted by atomic mass is 16.5. The fourth-order valence-electron chi connectivity index (χ4n) is 5.29. The molecular formula is C33H38N2O4. The maximum absolute atomic E-state index is 13.6. The van der Waals surface area contributed by atoms with Gasteiger partial charge in [0.05, 0.1) is 18.2 Å². The Morgan fingerprint density at radius 2 is 1.64 bits per heavy atom. The summed E-state index contributed by atoms with van der Waals surface area (Å²) in [5.41, 5.74) is 4.86. The van der Waals surface area contributed by atoms with Crippen LogP contribution in [0, 0.1) is 6.92 Å².